The Morgan fingerprint density at radius 2 is 1.49 bits per heavy atom. The summed E-state index contributed by atoms with van der Waals surface area (Å²) in [7, 11) is 0. The molecule has 4 aromatic rings. The highest BCUT2D eigenvalue weighted by molar-refractivity contribution is 5.98. The Hall–Kier alpha value is -4.81. The molecule has 0 bridgehead atoms. The first kappa shape index (κ1) is 32.7. The molecule has 1 aromatic heterocycles. The van der Waals surface area contributed by atoms with Crippen LogP contribution in [0.4, 0.5) is 0 Å². The molecule has 8 heteroatoms. The predicted octanol–water partition coefficient (Wildman–Crippen LogP) is 6.87. The number of esters is 1. The van der Waals surface area contributed by atoms with Crippen molar-refractivity contribution < 1.29 is 28.7 Å². The summed E-state index contributed by atoms with van der Waals surface area (Å²) >= 11 is 0. The number of amides is 1. The summed E-state index contributed by atoms with van der Waals surface area (Å²) in [6.07, 6.45) is 0.250. The highest BCUT2D eigenvalue weighted by Gasteiger charge is 2.25. The van der Waals surface area contributed by atoms with Crippen LogP contribution in [0.1, 0.15) is 73.5 Å². The van der Waals surface area contributed by atoms with Gasteiger partial charge in [-0.1, -0.05) is 63.2 Å². The van der Waals surface area contributed by atoms with E-state index in [1.54, 1.807) is 29.2 Å². The molecule has 8 nitrogen and oxygen atoms in total. The van der Waals surface area contributed by atoms with E-state index >= 15 is 0 Å². The van der Waals surface area contributed by atoms with Crippen molar-refractivity contribution in [2.24, 2.45) is 5.41 Å². The monoisotopic (exact) mass is 582 g/mol. The van der Waals surface area contributed by atoms with Crippen molar-refractivity contribution in [3.63, 3.8) is 0 Å². The Balaban J connectivity index is 0.00000162. The average Bonchev–Trinajstić information content (AvgIpc) is 2.95. The van der Waals surface area contributed by atoms with Gasteiger partial charge in [-0.2, -0.15) is 9.59 Å². The Morgan fingerprint density at radius 3 is 2.14 bits per heavy atom. The quantitative estimate of drug-likeness (QED) is 0.209. The topological polar surface area (TPSA) is 103 Å². The Morgan fingerprint density at radius 1 is 0.814 bits per heavy atom. The van der Waals surface area contributed by atoms with Crippen LogP contribution < -0.4 is 4.74 Å². The molecule has 0 saturated carbocycles. The van der Waals surface area contributed by atoms with Gasteiger partial charge in [-0.3, -0.25) is 9.78 Å². The van der Waals surface area contributed by atoms with Crippen molar-refractivity contribution >= 4 is 28.9 Å². The first-order valence-electron chi connectivity index (χ1n) is 14.0. The first-order valence-corrected chi connectivity index (χ1v) is 14.0. The Kier molecular flexibility index (Phi) is 10.9. The molecule has 0 aliphatic heterocycles. The van der Waals surface area contributed by atoms with Gasteiger partial charge in [-0.05, 0) is 74.2 Å². The summed E-state index contributed by atoms with van der Waals surface area (Å²) in [4.78, 5) is 49.2. The van der Waals surface area contributed by atoms with Crippen LogP contribution >= 0.6 is 0 Å². The van der Waals surface area contributed by atoms with Crippen molar-refractivity contribution in [3.05, 3.63) is 107 Å². The molecule has 0 aliphatic carbocycles. The third-order valence-corrected chi connectivity index (χ3v) is 6.02. The summed E-state index contributed by atoms with van der Waals surface area (Å²) in [5, 5.41) is 0.966. The minimum absolute atomic E-state index is 0.139. The fourth-order valence-electron chi connectivity index (χ4n) is 4.33. The van der Waals surface area contributed by atoms with Gasteiger partial charge in [0.15, 0.2) is 0 Å². The molecule has 4 rings (SSSR count). The van der Waals surface area contributed by atoms with E-state index in [1.165, 1.54) is 0 Å². The first-order chi connectivity index (χ1) is 20.3. The summed E-state index contributed by atoms with van der Waals surface area (Å²) in [5.41, 5.74) is 2.76. The van der Waals surface area contributed by atoms with E-state index in [-0.39, 0.29) is 17.5 Å². The molecule has 1 amide bonds. The van der Waals surface area contributed by atoms with Crippen molar-refractivity contribution in [2.75, 3.05) is 6.54 Å². The largest absolute Gasteiger partial charge is 0.489 e. The minimum atomic E-state index is -0.619. The van der Waals surface area contributed by atoms with E-state index < -0.39 is 11.6 Å². The van der Waals surface area contributed by atoms with Crippen LogP contribution in [0.5, 0.6) is 5.75 Å². The lowest BCUT2D eigenvalue weighted by Gasteiger charge is -2.30. The van der Waals surface area contributed by atoms with Crippen LogP contribution in [0.15, 0.2) is 84.9 Å². The van der Waals surface area contributed by atoms with Crippen LogP contribution in [-0.2, 0) is 27.5 Å². The summed E-state index contributed by atoms with van der Waals surface area (Å²) in [6.45, 7) is 13.1. The van der Waals surface area contributed by atoms with Gasteiger partial charge in [0.05, 0.1) is 23.3 Å². The normalized spacial score (nSPS) is 11.1. The lowest BCUT2D eigenvalue weighted by Crippen LogP contribution is -2.37. The molecular formula is C35H38N2O6. The highest BCUT2D eigenvalue weighted by Crippen LogP contribution is 2.24. The number of benzene rings is 3. The average molecular weight is 583 g/mol. The lowest BCUT2D eigenvalue weighted by molar-refractivity contribution is -0.191. The number of carbonyl (C=O) groups excluding carboxylic acids is 4. The van der Waals surface area contributed by atoms with Gasteiger partial charge in [-0.25, -0.2) is 4.79 Å². The van der Waals surface area contributed by atoms with Gasteiger partial charge in [-0.15, -0.1) is 0 Å². The van der Waals surface area contributed by atoms with E-state index in [1.807, 2.05) is 81.4 Å². The second-order valence-electron chi connectivity index (χ2n) is 12.3. The molecule has 3 aromatic carbocycles. The molecular weight excluding hydrogens is 544 g/mol. The van der Waals surface area contributed by atoms with E-state index in [0.717, 1.165) is 27.9 Å². The summed E-state index contributed by atoms with van der Waals surface area (Å²) in [5.74, 6) is 0.167. The maximum Gasteiger partial charge on any atom is 0.373 e. The van der Waals surface area contributed by atoms with E-state index in [0.29, 0.717) is 30.8 Å². The Bertz CT molecular complexity index is 1580. The standard InChI is InChI=1S/C34H38N2O4.CO2/c1-33(2,3)23-36(31(37)26-13-10-14-27(19-26)32(38)40-34(4,5)6)21-28-16-15-25-20-29(17-18-30(25)35-28)39-22-24-11-8-7-9-12-24;2-1-3/h7-20H,21-23H2,1-6H3;. The van der Waals surface area contributed by atoms with Crippen molar-refractivity contribution in [2.45, 2.75) is 60.3 Å². The smallest absolute Gasteiger partial charge is 0.373 e. The van der Waals surface area contributed by atoms with Gasteiger partial charge in [0.1, 0.15) is 18.0 Å². The van der Waals surface area contributed by atoms with Crippen LogP contribution in [-0.4, -0.2) is 40.1 Å². The third-order valence-electron chi connectivity index (χ3n) is 6.02. The van der Waals surface area contributed by atoms with Gasteiger partial charge >= 0.3 is 12.1 Å². The SMILES string of the molecule is CC(C)(C)CN(Cc1ccc2cc(OCc3ccccc3)ccc2n1)C(=O)c1cccc(C(=O)OC(C)(C)C)c1.O=C=O. The van der Waals surface area contributed by atoms with Gasteiger partial charge in [0, 0.05) is 17.5 Å². The predicted molar refractivity (Wildman–Crippen MR) is 163 cm³/mol. The second-order valence-corrected chi connectivity index (χ2v) is 12.3. The van der Waals surface area contributed by atoms with Crippen LogP contribution in [0, 0.1) is 5.41 Å². The van der Waals surface area contributed by atoms with E-state index in [2.05, 4.69) is 20.8 Å². The number of ether oxygens (including phenoxy) is 2. The molecule has 0 saturated heterocycles. The van der Waals surface area contributed by atoms with Gasteiger partial charge in [0.25, 0.3) is 5.91 Å². The molecule has 1 heterocycles. The molecule has 0 atom stereocenters. The number of fused-ring (bicyclic) bond motifs is 1. The van der Waals surface area contributed by atoms with E-state index in [9.17, 15) is 9.59 Å². The maximum atomic E-state index is 13.7. The zero-order valence-corrected chi connectivity index (χ0v) is 25.5. The number of rotatable bonds is 8. The number of hydrogen-bond acceptors (Lipinski definition) is 7. The second kappa shape index (κ2) is 14.4. The highest BCUT2D eigenvalue weighted by atomic mass is 16.6. The van der Waals surface area contributed by atoms with E-state index in [4.69, 9.17) is 24.0 Å². The molecule has 0 unspecified atom stereocenters. The van der Waals surface area contributed by atoms with Crippen LogP contribution in [0.3, 0.4) is 0 Å². The van der Waals surface area contributed by atoms with Gasteiger partial charge < -0.3 is 14.4 Å². The van der Waals surface area contributed by atoms with Gasteiger partial charge in [0.2, 0.25) is 0 Å². The Labute approximate surface area is 252 Å². The molecule has 0 radical (unpaired) electrons. The molecule has 0 spiro atoms. The van der Waals surface area contributed by atoms with Crippen molar-refractivity contribution in [1.29, 1.82) is 0 Å². The number of pyridine rings is 1. The number of aromatic nitrogens is 1. The van der Waals surface area contributed by atoms with Crippen LogP contribution in [0.25, 0.3) is 10.9 Å². The molecule has 0 N–H and O–H groups in total. The zero-order valence-electron chi connectivity index (χ0n) is 25.5. The van der Waals surface area contributed by atoms with Crippen molar-refractivity contribution in [3.8, 4) is 5.75 Å². The molecule has 43 heavy (non-hydrogen) atoms. The fourth-order valence-corrected chi connectivity index (χ4v) is 4.33. The lowest BCUT2D eigenvalue weighted by atomic mass is 9.95. The van der Waals surface area contributed by atoms with Crippen LogP contribution in [0.2, 0.25) is 0 Å². The maximum absolute atomic E-state index is 13.7. The number of nitrogens with zero attached hydrogens (tertiary/aromatic N) is 2. The summed E-state index contributed by atoms with van der Waals surface area (Å²) < 4.78 is 11.5. The fraction of sp³-hybridized carbons (Fsp3) is 0.314. The zero-order chi connectivity index (χ0) is 31.6. The molecule has 0 fully saturated rings. The molecule has 0 aliphatic rings. The summed E-state index contributed by atoms with van der Waals surface area (Å²) in [6, 6.07) is 26.6. The third kappa shape index (κ3) is 10.5. The number of hydrogen-bond donors (Lipinski definition) is 0. The minimum Gasteiger partial charge on any atom is -0.489 e. The molecule has 224 valence electrons. The van der Waals surface area contributed by atoms with Crippen molar-refractivity contribution in [1.82, 2.24) is 9.88 Å². The number of carbonyl (C=O) groups is 2.